The van der Waals surface area contributed by atoms with Crippen molar-refractivity contribution in [3.05, 3.63) is 56.7 Å². The van der Waals surface area contributed by atoms with Gasteiger partial charge in [-0.05, 0) is 38.5 Å². The van der Waals surface area contributed by atoms with Crippen LogP contribution in [-0.2, 0) is 17.1 Å². The summed E-state index contributed by atoms with van der Waals surface area (Å²) in [5.74, 6) is 1.28. The first kappa shape index (κ1) is 22.0. The lowest BCUT2D eigenvalue weighted by atomic mass is 10.2. The Bertz CT molecular complexity index is 1120. The minimum atomic E-state index is -0.185. The average Bonchev–Trinajstić information content (AvgIpc) is 3.06. The third-order valence-corrected chi connectivity index (χ3v) is 7.94. The van der Waals surface area contributed by atoms with E-state index in [0.29, 0.717) is 17.0 Å². The SMILES string of the molecule is Cc1sc2nc(CSC(C)C(=O)N3CCN(Cc4ccccn4)CC3)[nH]c(=O)c2c1C. The zero-order valence-electron chi connectivity index (χ0n) is 18.1. The number of H-pyrrole nitrogens is 1. The van der Waals surface area contributed by atoms with Crippen molar-refractivity contribution in [2.45, 2.75) is 38.3 Å². The predicted molar refractivity (Wildman–Crippen MR) is 127 cm³/mol. The van der Waals surface area contributed by atoms with Crippen molar-refractivity contribution in [2.75, 3.05) is 26.2 Å². The molecule has 4 heterocycles. The molecule has 7 nitrogen and oxygen atoms in total. The Balaban J connectivity index is 1.30. The Kier molecular flexibility index (Phi) is 6.74. The van der Waals surface area contributed by atoms with Gasteiger partial charge in [-0.15, -0.1) is 23.1 Å². The molecule has 1 aliphatic heterocycles. The fourth-order valence-corrected chi connectivity index (χ4v) is 5.63. The molecule has 0 saturated carbocycles. The number of thioether (sulfide) groups is 1. The van der Waals surface area contributed by atoms with Crippen LogP contribution in [0.5, 0.6) is 0 Å². The molecular formula is C22H27N5O2S2. The van der Waals surface area contributed by atoms with Crippen LogP contribution in [0, 0.1) is 13.8 Å². The van der Waals surface area contributed by atoms with E-state index in [9.17, 15) is 9.59 Å². The number of hydrogen-bond acceptors (Lipinski definition) is 7. The highest BCUT2D eigenvalue weighted by molar-refractivity contribution is 7.99. The minimum absolute atomic E-state index is 0.0922. The number of aromatic amines is 1. The minimum Gasteiger partial charge on any atom is -0.339 e. The smallest absolute Gasteiger partial charge is 0.259 e. The first-order valence-electron chi connectivity index (χ1n) is 10.4. The topological polar surface area (TPSA) is 82.2 Å². The largest absolute Gasteiger partial charge is 0.339 e. The Morgan fingerprint density at radius 1 is 1.26 bits per heavy atom. The number of aryl methyl sites for hydroxylation is 2. The summed E-state index contributed by atoms with van der Waals surface area (Å²) >= 11 is 3.07. The molecule has 1 atom stereocenters. The molecule has 4 rings (SSSR count). The normalized spacial score (nSPS) is 16.0. The number of hydrogen-bond donors (Lipinski definition) is 1. The van der Waals surface area contributed by atoms with Crippen LogP contribution in [0.25, 0.3) is 10.2 Å². The second-order valence-corrected chi connectivity index (χ2v) is 10.4. The van der Waals surface area contributed by atoms with E-state index in [2.05, 4.69) is 19.9 Å². The van der Waals surface area contributed by atoms with Gasteiger partial charge in [-0.3, -0.25) is 19.5 Å². The first-order chi connectivity index (χ1) is 14.9. The Labute approximate surface area is 189 Å². The van der Waals surface area contributed by atoms with Crippen LogP contribution >= 0.6 is 23.1 Å². The van der Waals surface area contributed by atoms with Gasteiger partial charge in [0.2, 0.25) is 5.91 Å². The van der Waals surface area contributed by atoms with Crippen molar-refractivity contribution in [3.8, 4) is 0 Å². The highest BCUT2D eigenvalue weighted by atomic mass is 32.2. The third-order valence-electron chi connectivity index (χ3n) is 5.70. The fourth-order valence-electron chi connectivity index (χ4n) is 3.75. The number of fused-ring (bicyclic) bond motifs is 1. The highest BCUT2D eigenvalue weighted by Gasteiger charge is 2.25. The average molecular weight is 458 g/mol. The van der Waals surface area contributed by atoms with Crippen molar-refractivity contribution in [2.24, 2.45) is 0 Å². The lowest BCUT2D eigenvalue weighted by Gasteiger charge is -2.35. The van der Waals surface area contributed by atoms with Gasteiger partial charge in [-0.1, -0.05) is 6.07 Å². The quantitative estimate of drug-likeness (QED) is 0.613. The summed E-state index contributed by atoms with van der Waals surface area (Å²) in [6.45, 7) is 9.86. The van der Waals surface area contributed by atoms with E-state index in [1.807, 2.05) is 50.1 Å². The Hall–Kier alpha value is -2.23. The summed E-state index contributed by atoms with van der Waals surface area (Å²) in [6.07, 6.45) is 1.81. The van der Waals surface area contributed by atoms with E-state index in [1.165, 1.54) is 11.8 Å². The molecular weight excluding hydrogens is 430 g/mol. The van der Waals surface area contributed by atoms with Crippen molar-refractivity contribution in [1.29, 1.82) is 0 Å². The predicted octanol–water partition coefficient (Wildman–Crippen LogP) is 2.96. The molecule has 3 aromatic heterocycles. The third kappa shape index (κ3) is 4.99. The molecule has 1 N–H and O–H groups in total. The van der Waals surface area contributed by atoms with Gasteiger partial charge in [0.25, 0.3) is 5.56 Å². The summed E-state index contributed by atoms with van der Waals surface area (Å²) in [5, 5.41) is 0.499. The zero-order valence-corrected chi connectivity index (χ0v) is 19.7. The number of nitrogens with one attached hydrogen (secondary N) is 1. The van der Waals surface area contributed by atoms with Crippen molar-refractivity contribution in [1.82, 2.24) is 24.8 Å². The molecule has 0 aliphatic carbocycles. The van der Waals surface area contributed by atoms with Crippen LogP contribution in [0.15, 0.2) is 29.2 Å². The molecule has 31 heavy (non-hydrogen) atoms. The number of rotatable bonds is 6. The summed E-state index contributed by atoms with van der Waals surface area (Å²) in [4.78, 5) is 43.4. The Morgan fingerprint density at radius 3 is 2.74 bits per heavy atom. The van der Waals surface area contributed by atoms with E-state index in [1.54, 1.807) is 11.3 Å². The molecule has 9 heteroatoms. The summed E-state index contributed by atoms with van der Waals surface area (Å²) in [7, 11) is 0. The molecule has 0 aromatic carbocycles. The van der Waals surface area contributed by atoms with Crippen LogP contribution in [0.2, 0.25) is 0 Å². The van der Waals surface area contributed by atoms with Gasteiger partial charge in [0.05, 0.1) is 22.1 Å². The van der Waals surface area contributed by atoms with E-state index in [-0.39, 0.29) is 16.7 Å². The van der Waals surface area contributed by atoms with Crippen LogP contribution in [-0.4, -0.2) is 62.1 Å². The van der Waals surface area contributed by atoms with Crippen LogP contribution < -0.4 is 5.56 Å². The summed E-state index contributed by atoms with van der Waals surface area (Å²) in [6, 6.07) is 5.96. The van der Waals surface area contributed by atoms with Crippen molar-refractivity contribution < 1.29 is 4.79 Å². The first-order valence-corrected chi connectivity index (χ1v) is 12.3. The number of thiophene rings is 1. The monoisotopic (exact) mass is 457 g/mol. The van der Waals surface area contributed by atoms with E-state index < -0.39 is 0 Å². The molecule has 0 spiro atoms. The molecule has 1 aliphatic rings. The maximum Gasteiger partial charge on any atom is 0.259 e. The van der Waals surface area contributed by atoms with Gasteiger partial charge in [0, 0.05) is 43.8 Å². The maximum atomic E-state index is 12.9. The lowest BCUT2D eigenvalue weighted by Crippen LogP contribution is -2.50. The lowest BCUT2D eigenvalue weighted by molar-refractivity contribution is -0.132. The molecule has 1 unspecified atom stereocenters. The van der Waals surface area contributed by atoms with Crippen LogP contribution in [0.3, 0.4) is 0 Å². The number of piperazine rings is 1. The van der Waals surface area contributed by atoms with Gasteiger partial charge >= 0.3 is 0 Å². The number of amides is 1. The molecule has 0 bridgehead atoms. The second-order valence-electron chi connectivity index (χ2n) is 7.85. The summed E-state index contributed by atoms with van der Waals surface area (Å²) < 4.78 is 0. The number of carbonyl (C=O) groups excluding carboxylic acids is 1. The van der Waals surface area contributed by atoms with Gasteiger partial charge in [-0.2, -0.15) is 0 Å². The van der Waals surface area contributed by atoms with Gasteiger partial charge in [0.1, 0.15) is 10.7 Å². The van der Waals surface area contributed by atoms with Gasteiger partial charge < -0.3 is 9.88 Å². The molecule has 1 amide bonds. The zero-order chi connectivity index (χ0) is 22.0. The number of carbonyl (C=O) groups is 1. The van der Waals surface area contributed by atoms with Crippen molar-refractivity contribution >= 4 is 39.2 Å². The highest BCUT2D eigenvalue weighted by Crippen LogP contribution is 2.26. The standard InChI is InChI=1S/C22H27N5O2S2/c1-14-15(2)31-21-19(14)20(28)24-18(25-21)13-30-16(3)22(29)27-10-8-26(9-11-27)12-17-6-4-5-7-23-17/h4-7,16H,8-13H2,1-3H3,(H,24,25,28). The molecule has 1 fully saturated rings. The number of nitrogens with zero attached hydrogens (tertiary/aromatic N) is 4. The number of pyridine rings is 1. The molecule has 0 radical (unpaired) electrons. The van der Waals surface area contributed by atoms with E-state index in [0.717, 1.165) is 53.7 Å². The van der Waals surface area contributed by atoms with Crippen molar-refractivity contribution in [3.63, 3.8) is 0 Å². The molecule has 164 valence electrons. The molecule has 1 saturated heterocycles. The van der Waals surface area contributed by atoms with Crippen LogP contribution in [0.1, 0.15) is 28.9 Å². The maximum absolute atomic E-state index is 12.9. The molecule has 3 aromatic rings. The second kappa shape index (κ2) is 9.50. The van der Waals surface area contributed by atoms with Gasteiger partial charge in [0.15, 0.2) is 0 Å². The van der Waals surface area contributed by atoms with E-state index >= 15 is 0 Å². The Morgan fingerprint density at radius 2 is 2.03 bits per heavy atom. The van der Waals surface area contributed by atoms with E-state index in [4.69, 9.17) is 0 Å². The van der Waals surface area contributed by atoms with Crippen LogP contribution in [0.4, 0.5) is 0 Å². The van der Waals surface area contributed by atoms with Gasteiger partial charge in [-0.25, -0.2) is 4.98 Å². The summed E-state index contributed by atoms with van der Waals surface area (Å²) in [5.41, 5.74) is 1.96. The fraction of sp³-hybridized carbons (Fsp3) is 0.455. The number of aromatic nitrogens is 3.